The van der Waals surface area contributed by atoms with Crippen LogP contribution in [0.1, 0.15) is 23.8 Å². The van der Waals surface area contributed by atoms with E-state index in [4.69, 9.17) is 9.47 Å². The van der Waals surface area contributed by atoms with Crippen molar-refractivity contribution in [1.82, 2.24) is 20.2 Å². The molecule has 0 saturated carbocycles. The number of hydrogen-bond acceptors (Lipinski definition) is 7. The van der Waals surface area contributed by atoms with E-state index in [-0.39, 0.29) is 5.41 Å². The summed E-state index contributed by atoms with van der Waals surface area (Å²) in [6.07, 6.45) is 6.55. The molecule has 8 heteroatoms. The van der Waals surface area contributed by atoms with Gasteiger partial charge in [-0.1, -0.05) is 6.92 Å². The molecular weight excluding hydrogens is 386 g/mol. The van der Waals surface area contributed by atoms with Crippen molar-refractivity contribution < 1.29 is 9.47 Å². The van der Waals surface area contributed by atoms with Gasteiger partial charge in [-0.15, -0.1) is 11.3 Å². The Morgan fingerprint density at radius 1 is 1.28 bits per heavy atom. The standard InChI is InChI=1S/C21H23N5O2S/c1-21(10-27-2)5-4-13-17(8-21)29-20-18(13)19(22-11-23-20)25-15-6-12-9-24-26-14(12)7-16(15)28-3/h6-7,9,11H,4-5,8,10H2,1-3H3,(H,24,26)(H,22,23,25)/t21-/m0/s1. The van der Waals surface area contributed by atoms with Crippen molar-refractivity contribution in [1.29, 1.82) is 0 Å². The van der Waals surface area contributed by atoms with Crippen LogP contribution >= 0.6 is 11.3 Å². The molecular formula is C21H23N5O2S. The third-order valence-electron chi connectivity index (χ3n) is 5.74. The van der Waals surface area contributed by atoms with Crippen LogP contribution in [0.4, 0.5) is 11.5 Å². The molecule has 150 valence electrons. The summed E-state index contributed by atoms with van der Waals surface area (Å²) >= 11 is 1.77. The molecule has 0 amide bonds. The van der Waals surface area contributed by atoms with E-state index in [1.807, 2.05) is 12.1 Å². The van der Waals surface area contributed by atoms with Crippen molar-refractivity contribution in [2.45, 2.75) is 26.2 Å². The fourth-order valence-corrected chi connectivity index (χ4v) is 5.68. The highest BCUT2D eigenvalue weighted by Gasteiger charge is 2.33. The SMILES string of the molecule is COC[C@@]1(C)CCc2c(sc3ncnc(Nc4cc5cn[nH]c5cc4OC)c23)C1. The van der Waals surface area contributed by atoms with Crippen LogP contribution in [0.5, 0.6) is 5.75 Å². The first-order chi connectivity index (χ1) is 14.1. The topological polar surface area (TPSA) is 85.0 Å². The maximum atomic E-state index is 5.59. The fourth-order valence-electron chi connectivity index (χ4n) is 4.28. The van der Waals surface area contributed by atoms with Gasteiger partial charge in [0.1, 0.15) is 22.7 Å². The Morgan fingerprint density at radius 2 is 2.17 bits per heavy atom. The number of aromatic amines is 1. The average Bonchev–Trinajstić information content (AvgIpc) is 3.30. The molecule has 0 radical (unpaired) electrons. The highest BCUT2D eigenvalue weighted by atomic mass is 32.1. The number of nitrogens with one attached hydrogen (secondary N) is 2. The second-order valence-corrected chi connectivity index (χ2v) is 9.05. The summed E-state index contributed by atoms with van der Waals surface area (Å²) < 4.78 is 11.1. The van der Waals surface area contributed by atoms with E-state index in [0.717, 1.165) is 64.2 Å². The number of hydrogen-bond donors (Lipinski definition) is 2. The van der Waals surface area contributed by atoms with Gasteiger partial charge in [-0.3, -0.25) is 5.10 Å². The number of rotatable bonds is 5. The normalized spacial score (nSPS) is 18.9. The predicted octanol–water partition coefficient (Wildman–Crippen LogP) is 4.46. The quantitative estimate of drug-likeness (QED) is 0.506. The Kier molecular flexibility index (Phi) is 4.40. The van der Waals surface area contributed by atoms with E-state index in [0.29, 0.717) is 0 Å². The van der Waals surface area contributed by atoms with E-state index < -0.39 is 0 Å². The first-order valence-electron chi connectivity index (χ1n) is 9.62. The Hall–Kier alpha value is -2.71. The third kappa shape index (κ3) is 3.12. The molecule has 0 fully saturated rings. The van der Waals surface area contributed by atoms with Gasteiger partial charge in [0.15, 0.2) is 0 Å². The smallest absolute Gasteiger partial charge is 0.144 e. The van der Waals surface area contributed by atoms with Gasteiger partial charge in [0.05, 0.1) is 36.5 Å². The summed E-state index contributed by atoms with van der Waals surface area (Å²) in [7, 11) is 3.45. The van der Waals surface area contributed by atoms with Crippen molar-refractivity contribution in [2.75, 3.05) is 26.1 Å². The maximum absolute atomic E-state index is 5.59. The molecule has 1 aliphatic carbocycles. The lowest BCUT2D eigenvalue weighted by Crippen LogP contribution is -2.29. The molecule has 3 aromatic heterocycles. The molecule has 0 saturated heterocycles. The molecule has 1 atom stereocenters. The number of methoxy groups -OCH3 is 2. The highest BCUT2D eigenvalue weighted by molar-refractivity contribution is 7.19. The van der Waals surface area contributed by atoms with Crippen LogP contribution in [0.2, 0.25) is 0 Å². The summed E-state index contributed by atoms with van der Waals surface area (Å²) in [6, 6.07) is 3.97. The minimum absolute atomic E-state index is 0.180. The van der Waals surface area contributed by atoms with E-state index in [2.05, 4.69) is 32.4 Å². The Balaban J connectivity index is 1.58. The minimum Gasteiger partial charge on any atom is -0.494 e. The van der Waals surface area contributed by atoms with Gasteiger partial charge in [0.2, 0.25) is 0 Å². The van der Waals surface area contributed by atoms with E-state index in [1.165, 1.54) is 10.4 Å². The summed E-state index contributed by atoms with van der Waals surface area (Å²) in [4.78, 5) is 11.6. The molecule has 2 N–H and O–H groups in total. The number of nitrogens with zero attached hydrogens (tertiary/aromatic N) is 3. The van der Waals surface area contributed by atoms with Crippen LogP contribution in [0.15, 0.2) is 24.7 Å². The van der Waals surface area contributed by atoms with Gasteiger partial charge in [-0.2, -0.15) is 5.10 Å². The molecule has 7 nitrogen and oxygen atoms in total. The van der Waals surface area contributed by atoms with Gasteiger partial charge < -0.3 is 14.8 Å². The monoisotopic (exact) mass is 409 g/mol. The summed E-state index contributed by atoms with van der Waals surface area (Å²) in [5.74, 6) is 1.56. The van der Waals surface area contributed by atoms with Crippen LogP contribution < -0.4 is 10.1 Å². The van der Waals surface area contributed by atoms with Crippen LogP contribution in [-0.4, -0.2) is 41.0 Å². The fraction of sp³-hybridized carbons (Fsp3) is 0.381. The number of anilines is 2. The number of ether oxygens (including phenoxy) is 2. The lowest BCUT2D eigenvalue weighted by Gasteiger charge is -2.32. The van der Waals surface area contributed by atoms with Gasteiger partial charge in [0, 0.05) is 23.4 Å². The zero-order chi connectivity index (χ0) is 20.0. The van der Waals surface area contributed by atoms with E-state index in [1.54, 1.807) is 38.1 Å². The van der Waals surface area contributed by atoms with E-state index in [9.17, 15) is 0 Å². The Morgan fingerprint density at radius 3 is 3.00 bits per heavy atom. The van der Waals surface area contributed by atoms with Crippen LogP contribution in [0.3, 0.4) is 0 Å². The molecule has 1 aromatic carbocycles. The van der Waals surface area contributed by atoms with Crippen molar-refractivity contribution in [3.63, 3.8) is 0 Å². The van der Waals surface area contributed by atoms with E-state index >= 15 is 0 Å². The Labute approximate surface area is 172 Å². The molecule has 0 spiro atoms. The van der Waals surface area contributed by atoms with Gasteiger partial charge in [-0.05, 0) is 36.3 Å². The molecule has 5 rings (SSSR count). The number of benzene rings is 1. The maximum Gasteiger partial charge on any atom is 0.144 e. The average molecular weight is 410 g/mol. The molecule has 0 unspecified atom stereocenters. The van der Waals surface area contributed by atoms with Crippen molar-refractivity contribution in [2.24, 2.45) is 5.41 Å². The zero-order valence-corrected chi connectivity index (χ0v) is 17.5. The number of aryl methyl sites for hydroxylation is 1. The number of aromatic nitrogens is 4. The molecule has 0 aliphatic heterocycles. The first kappa shape index (κ1) is 18.3. The molecule has 4 aromatic rings. The molecule has 29 heavy (non-hydrogen) atoms. The number of fused-ring (bicyclic) bond motifs is 4. The predicted molar refractivity (Wildman–Crippen MR) is 115 cm³/mol. The van der Waals surface area contributed by atoms with Crippen LogP contribution in [-0.2, 0) is 17.6 Å². The van der Waals surface area contributed by atoms with Gasteiger partial charge >= 0.3 is 0 Å². The molecule has 1 aliphatic rings. The van der Waals surface area contributed by atoms with Crippen molar-refractivity contribution in [3.05, 3.63) is 35.1 Å². The first-order valence-corrected chi connectivity index (χ1v) is 10.4. The lowest BCUT2D eigenvalue weighted by molar-refractivity contribution is 0.0823. The van der Waals surface area contributed by atoms with Crippen molar-refractivity contribution in [3.8, 4) is 5.75 Å². The number of thiophene rings is 1. The summed E-state index contributed by atoms with van der Waals surface area (Å²) in [5.41, 5.74) is 3.34. The largest absolute Gasteiger partial charge is 0.494 e. The Bertz CT molecular complexity index is 1200. The highest BCUT2D eigenvalue weighted by Crippen LogP contribution is 2.45. The van der Waals surface area contributed by atoms with Gasteiger partial charge in [0.25, 0.3) is 0 Å². The molecule has 3 heterocycles. The van der Waals surface area contributed by atoms with Gasteiger partial charge in [-0.25, -0.2) is 9.97 Å². The summed E-state index contributed by atoms with van der Waals surface area (Å²) in [6.45, 7) is 3.08. The number of H-pyrrole nitrogens is 1. The zero-order valence-electron chi connectivity index (χ0n) is 16.7. The van der Waals surface area contributed by atoms with Crippen molar-refractivity contribution >= 4 is 44.0 Å². The summed E-state index contributed by atoms with van der Waals surface area (Å²) in [5, 5.41) is 12.7. The lowest BCUT2D eigenvalue weighted by atomic mass is 9.76. The minimum atomic E-state index is 0.180. The molecule has 0 bridgehead atoms. The second-order valence-electron chi connectivity index (χ2n) is 7.96. The second kappa shape index (κ2) is 6.96. The van der Waals surface area contributed by atoms with Crippen LogP contribution in [0.25, 0.3) is 21.1 Å². The van der Waals surface area contributed by atoms with Crippen LogP contribution in [0, 0.1) is 5.41 Å². The third-order valence-corrected chi connectivity index (χ3v) is 6.88.